The largest absolute Gasteiger partial charge is 0.445 e. The Morgan fingerprint density at radius 3 is 1.07 bits per heavy atom. The first-order valence-electron chi connectivity index (χ1n) is 15.3. The van der Waals surface area contributed by atoms with Crippen LogP contribution in [0.4, 0.5) is 0 Å². The first kappa shape index (κ1) is 26.2. The number of fused-ring (bicyclic) bond motifs is 6. The number of oxazole rings is 2. The summed E-state index contributed by atoms with van der Waals surface area (Å²) in [6.45, 7) is 0. The molecule has 0 fully saturated rings. The summed E-state index contributed by atoms with van der Waals surface area (Å²) < 4.78 is 11.0. The van der Waals surface area contributed by atoms with E-state index in [-0.39, 0.29) is 0 Å². The Morgan fingerprint density at radius 1 is 0.304 bits per heavy atom. The van der Waals surface area contributed by atoms with Crippen molar-refractivity contribution in [2.45, 2.75) is 0 Å². The zero-order chi connectivity index (χ0) is 30.5. The van der Waals surface area contributed by atoms with Gasteiger partial charge in [0, 0.05) is 11.1 Å². The number of rotatable bonds is 5. The van der Waals surface area contributed by atoms with Crippen LogP contribution in [-0.4, -0.2) is 9.97 Å². The average molecular weight is 591 g/mol. The molecule has 4 heteroatoms. The van der Waals surface area contributed by atoms with Crippen molar-refractivity contribution in [3.05, 3.63) is 158 Å². The van der Waals surface area contributed by atoms with Crippen LogP contribution in [0.2, 0.25) is 0 Å². The monoisotopic (exact) mass is 590 g/mol. The molecule has 4 nitrogen and oxygen atoms in total. The highest BCUT2D eigenvalue weighted by atomic mass is 16.3. The van der Waals surface area contributed by atoms with Gasteiger partial charge in [-0.3, -0.25) is 0 Å². The van der Waals surface area contributed by atoms with E-state index in [2.05, 4.69) is 143 Å². The van der Waals surface area contributed by atoms with E-state index in [0.29, 0.717) is 11.8 Å². The molecule has 9 aromatic rings. The summed E-state index contributed by atoms with van der Waals surface area (Å²) >= 11 is 0. The Hall–Kier alpha value is -6.26. The van der Waals surface area contributed by atoms with Crippen LogP contribution >= 0.6 is 0 Å². The molecule has 0 saturated carbocycles. The number of benzene rings is 7. The van der Waals surface area contributed by atoms with Crippen LogP contribution in [0.15, 0.2) is 167 Å². The third kappa shape index (κ3) is 4.47. The normalized spacial score (nSPS) is 11.5. The maximum absolute atomic E-state index is 5.50. The van der Waals surface area contributed by atoms with Crippen molar-refractivity contribution in [2.24, 2.45) is 0 Å². The highest BCUT2D eigenvalue weighted by Crippen LogP contribution is 2.40. The molecule has 0 unspecified atom stereocenters. The van der Waals surface area contributed by atoms with Gasteiger partial charge in [0.1, 0.15) is 12.5 Å². The highest BCUT2D eigenvalue weighted by molar-refractivity contribution is 6.26. The molecule has 0 aliphatic carbocycles. The molecule has 0 radical (unpaired) electrons. The highest BCUT2D eigenvalue weighted by Gasteiger charge is 2.14. The lowest BCUT2D eigenvalue weighted by Crippen LogP contribution is -1.88. The molecule has 0 spiro atoms. The Balaban J connectivity index is 1.22. The van der Waals surface area contributed by atoms with Gasteiger partial charge in [0.05, 0.1) is 12.4 Å². The summed E-state index contributed by atoms with van der Waals surface area (Å²) in [6.07, 6.45) is 6.54. The minimum Gasteiger partial charge on any atom is -0.445 e. The Morgan fingerprint density at radius 2 is 0.652 bits per heavy atom. The van der Waals surface area contributed by atoms with Gasteiger partial charge in [-0.25, -0.2) is 9.97 Å². The van der Waals surface area contributed by atoms with Crippen LogP contribution in [0.1, 0.15) is 0 Å². The third-order valence-corrected chi connectivity index (χ3v) is 8.83. The summed E-state index contributed by atoms with van der Waals surface area (Å²) in [5.74, 6) is 1.25. The van der Waals surface area contributed by atoms with Gasteiger partial charge in [0.15, 0.2) is 0 Å². The summed E-state index contributed by atoms with van der Waals surface area (Å²) in [5.41, 5.74) is 8.96. The molecule has 0 aliphatic heterocycles. The van der Waals surface area contributed by atoms with Crippen molar-refractivity contribution in [2.75, 3.05) is 0 Å². The van der Waals surface area contributed by atoms with E-state index in [1.54, 1.807) is 24.9 Å². The van der Waals surface area contributed by atoms with Crippen molar-refractivity contribution >= 4 is 32.3 Å². The van der Waals surface area contributed by atoms with Gasteiger partial charge in [0.2, 0.25) is 11.8 Å². The van der Waals surface area contributed by atoms with Crippen LogP contribution in [0.5, 0.6) is 0 Å². The van der Waals surface area contributed by atoms with E-state index in [1.165, 1.54) is 54.6 Å². The third-order valence-electron chi connectivity index (χ3n) is 8.83. The van der Waals surface area contributed by atoms with Crippen LogP contribution in [0.25, 0.3) is 88.6 Å². The zero-order valence-corrected chi connectivity index (χ0v) is 24.7. The van der Waals surface area contributed by atoms with E-state index in [9.17, 15) is 0 Å². The first-order chi connectivity index (χ1) is 22.8. The molecule has 7 aromatic carbocycles. The zero-order valence-electron chi connectivity index (χ0n) is 24.7. The predicted octanol–water partition coefficient (Wildman–Crippen LogP) is 11.5. The van der Waals surface area contributed by atoms with E-state index in [0.717, 1.165) is 22.3 Å². The topological polar surface area (TPSA) is 52.1 Å². The quantitative estimate of drug-likeness (QED) is 0.187. The van der Waals surface area contributed by atoms with Gasteiger partial charge in [-0.15, -0.1) is 0 Å². The molecular weight excluding hydrogens is 564 g/mol. The SMILES string of the molecule is c1ccc(-c2ccc3c4cc(-c5ccc(-c6ncco6)cc5)ccc4c4ccc(-c5ccc(-c6ncco6)cc5)cc4c3c2)cc1. The second-order valence-electron chi connectivity index (χ2n) is 11.5. The minimum atomic E-state index is 0.626. The predicted molar refractivity (Wildman–Crippen MR) is 186 cm³/mol. The van der Waals surface area contributed by atoms with Crippen LogP contribution in [0, 0.1) is 0 Å². The maximum Gasteiger partial charge on any atom is 0.225 e. The summed E-state index contributed by atoms with van der Waals surface area (Å²) in [5, 5.41) is 7.41. The molecule has 0 N–H and O–H groups in total. The molecule has 2 aromatic heterocycles. The lowest BCUT2D eigenvalue weighted by molar-refractivity contribution is 0.574. The molecule has 0 atom stereocenters. The smallest absolute Gasteiger partial charge is 0.225 e. The number of hydrogen-bond donors (Lipinski definition) is 0. The fourth-order valence-electron chi connectivity index (χ4n) is 6.52. The Kier molecular flexibility index (Phi) is 6.10. The number of nitrogens with zero attached hydrogens (tertiary/aromatic N) is 2. The van der Waals surface area contributed by atoms with Gasteiger partial charge in [0.25, 0.3) is 0 Å². The average Bonchev–Trinajstić information content (AvgIpc) is 3.88. The Bertz CT molecular complexity index is 2480. The molecule has 2 heterocycles. The maximum atomic E-state index is 5.50. The molecule has 0 amide bonds. The molecule has 0 bridgehead atoms. The van der Waals surface area contributed by atoms with Gasteiger partial charge in [-0.2, -0.15) is 0 Å². The molecule has 0 aliphatic rings. The molecule has 0 saturated heterocycles. The van der Waals surface area contributed by atoms with Crippen molar-refractivity contribution in [1.82, 2.24) is 9.97 Å². The molecule has 46 heavy (non-hydrogen) atoms. The van der Waals surface area contributed by atoms with Gasteiger partial charge >= 0.3 is 0 Å². The molecule has 216 valence electrons. The molecular formula is C42H26N2O2. The first-order valence-corrected chi connectivity index (χ1v) is 15.3. The second kappa shape index (κ2) is 10.7. The van der Waals surface area contributed by atoms with Gasteiger partial charge in [-0.05, 0) is 108 Å². The second-order valence-corrected chi connectivity index (χ2v) is 11.5. The van der Waals surface area contributed by atoms with E-state index >= 15 is 0 Å². The fourth-order valence-corrected chi connectivity index (χ4v) is 6.52. The van der Waals surface area contributed by atoms with Crippen LogP contribution < -0.4 is 0 Å². The van der Waals surface area contributed by atoms with Gasteiger partial charge in [-0.1, -0.05) is 91.0 Å². The number of aromatic nitrogens is 2. The van der Waals surface area contributed by atoms with E-state index in [4.69, 9.17) is 8.83 Å². The fraction of sp³-hybridized carbons (Fsp3) is 0. The van der Waals surface area contributed by atoms with Crippen molar-refractivity contribution in [3.8, 4) is 56.3 Å². The van der Waals surface area contributed by atoms with E-state index < -0.39 is 0 Å². The summed E-state index contributed by atoms with van der Waals surface area (Å²) in [4.78, 5) is 8.58. The van der Waals surface area contributed by atoms with E-state index in [1.807, 2.05) is 0 Å². The minimum absolute atomic E-state index is 0.626. The summed E-state index contributed by atoms with van der Waals surface area (Å²) in [7, 11) is 0. The van der Waals surface area contributed by atoms with Crippen LogP contribution in [0.3, 0.4) is 0 Å². The van der Waals surface area contributed by atoms with Crippen molar-refractivity contribution in [3.63, 3.8) is 0 Å². The number of hydrogen-bond acceptors (Lipinski definition) is 4. The standard InChI is InChI=1S/C42H26N2O2/c1-2-4-27(5-3-1)32-16-19-37-38-24-33(28-6-10-30(11-7-28)41-43-20-22-45-41)14-17-35(38)36-18-15-34(26-39(36)40(37)25-32)29-8-12-31(13-9-29)42-44-21-23-46-42/h1-26H. The lowest BCUT2D eigenvalue weighted by atomic mass is 9.89. The lowest BCUT2D eigenvalue weighted by Gasteiger charge is -2.15. The van der Waals surface area contributed by atoms with Crippen molar-refractivity contribution < 1.29 is 8.83 Å². The van der Waals surface area contributed by atoms with Crippen LogP contribution in [-0.2, 0) is 0 Å². The van der Waals surface area contributed by atoms with Crippen molar-refractivity contribution in [1.29, 1.82) is 0 Å². The summed E-state index contributed by atoms with van der Waals surface area (Å²) in [6, 6.07) is 47.9. The Labute approximate surface area is 265 Å². The molecule has 9 rings (SSSR count). The van der Waals surface area contributed by atoms with Gasteiger partial charge < -0.3 is 8.83 Å².